The minimum absolute atomic E-state index is 0.119. The van der Waals surface area contributed by atoms with Crippen molar-refractivity contribution in [3.8, 4) is 0 Å². The monoisotopic (exact) mass is 275 g/mol. The standard InChI is InChI=1S/C16H21NO3/c1-19-14-9-13-15(16(18)20-2)11(8-12(14)17-13)10-6-4-3-5-7-10/h3-7,11-15,17H,8-9H2,1-2H3. The van der Waals surface area contributed by atoms with Crippen LogP contribution in [-0.2, 0) is 14.3 Å². The Balaban J connectivity index is 1.92. The summed E-state index contributed by atoms with van der Waals surface area (Å²) in [6.07, 6.45) is 1.99. The first-order chi connectivity index (χ1) is 9.74. The van der Waals surface area contributed by atoms with E-state index in [0.717, 1.165) is 12.8 Å². The molecule has 4 nitrogen and oxygen atoms in total. The zero-order chi connectivity index (χ0) is 14.1. The highest BCUT2D eigenvalue weighted by Crippen LogP contribution is 2.43. The molecule has 1 aromatic rings. The molecule has 3 rings (SSSR count). The van der Waals surface area contributed by atoms with E-state index < -0.39 is 0 Å². The minimum atomic E-state index is -0.126. The molecule has 20 heavy (non-hydrogen) atoms. The molecule has 4 heteroatoms. The molecule has 0 amide bonds. The van der Waals surface area contributed by atoms with Crippen LogP contribution in [0.2, 0.25) is 0 Å². The molecule has 0 spiro atoms. The van der Waals surface area contributed by atoms with Crippen LogP contribution in [0.4, 0.5) is 0 Å². The van der Waals surface area contributed by atoms with E-state index in [1.54, 1.807) is 7.11 Å². The van der Waals surface area contributed by atoms with E-state index in [0.29, 0.717) is 6.04 Å². The fraction of sp³-hybridized carbons (Fsp3) is 0.562. The summed E-state index contributed by atoms with van der Waals surface area (Å²) in [6.45, 7) is 0. The van der Waals surface area contributed by atoms with Crippen molar-refractivity contribution < 1.29 is 14.3 Å². The van der Waals surface area contributed by atoms with Crippen molar-refractivity contribution in [3.05, 3.63) is 35.9 Å². The van der Waals surface area contributed by atoms with Gasteiger partial charge < -0.3 is 14.8 Å². The summed E-state index contributed by atoms with van der Waals surface area (Å²) in [7, 11) is 3.22. The number of piperidine rings is 1. The molecule has 2 saturated heterocycles. The number of carbonyl (C=O) groups excluding carboxylic acids is 1. The van der Waals surface area contributed by atoms with Crippen LogP contribution in [0.5, 0.6) is 0 Å². The maximum absolute atomic E-state index is 12.2. The molecule has 2 aliphatic heterocycles. The maximum Gasteiger partial charge on any atom is 0.310 e. The van der Waals surface area contributed by atoms with Crippen LogP contribution < -0.4 is 5.32 Å². The Hall–Kier alpha value is -1.39. The molecule has 2 bridgehead atoms. The van der Waals surface area contributed by atoms with Gasteiger partial charge in [0, 0.05) is 25.1 Å². The van der Waals surface area contributed by atoms with E-state index in [4.69, 9.17) is 9.47 Å². The number of nitrogens with one attached hydrogen (secondary N) is 1. The summed E-state index contributed by atoms with van der Waals surface area (Å²) in [6, 6.07) is 10.8. The number of fused-ring (bicyclic) bond motifs is 2. The lowest BCUT2D eigenvalue weighted by Gasteiger charge is -2.36. The van der Waals surface area contributed by atoms with Crippen LogP contribution >= 0.6 is 0 Å². The topological polar surface area (TPSA) is 47.6 Å². The Kier molecular flexibility index (Phi) is 3.76. The van der Waals surface area contributed by atoms with Crippen molar-refractivity contribution >= 4 is 5.97 Å². The summed E-state index contributed by atoms with van der Waals surface area (Å²) in [5.41, 5.74) is 1.22. The van der Waals surface area contributed by atoms with Crippen LogP contribution in [0, 0.1) is 5.92 Å². The van der Waals surface area contributed by atoms with Gasteiger partial charge in [0.25, 0.3) is 0 Å². The van der Waals surface area contributed by atoms with E-state index in [1.165, 1.54) is 12.7 Å². The van der Waals surface area contributed by atoms with Gasteiger partial charge in [-0.1, -0.05) is 30.3 Å². The van der Waals surface area contributed by atoms with Crippen LogP contribution in [0.25, 0.3) is 0 Å². The number of ether oxygens (including phenoxy) is 2. The van der Waals surface area contributed by atoms with Crippen LogP contribution in [0.15, 0.2) is 30.3 Å². The zero-order valence-electron chi connectivity index (χ0n) is 11.9. The largest absolute Gasteiger partial charge is 0.469 e. The Morgan fingerprint density at radius 1 is 1.15 bits per heavy atom. The van der Waals surface area contributed by atoms with Crippen LogP contribution in [0.1, 0.15) is 24.3 Å². The van der Waals surface area contributed by atoms with Crippen LogP contribution in [0.3, 0.4) is 0 Å². The molecule has 108 valence electrons. The number of hydrogen-bond donors (Lipinski definition) is 1. The van der Waals surface area contributed by atoms with Crippen molar-refractivity contribution in [2.75, 3.05) is 14.2 Å². The van der Waals surface area contributed by atoms with Crippen molar-refractivity contribution in [3.63, 3.8) is 0 Å². The molecule has 2 fully saturated rings. The maximum atomic E-state index is 12.2. The third kappa shape index (κ3) is 2.23. The summed E-state index contributed by atoms with van der Waals surface area (Å²) in [5, 5.41) is 3.53. The van der Waals surface area contributed by atoms with Crippen molar-refractivity contribution in [2.24, 2.45) is 5.92 Å². The minimum Gasteiger partial charge on any atom is -0.469 e. The molecule has 0 radical (unpaired) electrons. The van der Waals surface area contributed by atoms with E-state index in [2.05, 4.69) is 17.4 Å². The predicted octanol–water partition coefficient (Wildman–Crippen LogP) is 1.71. The quantitative estimate of drug-likeness (QED) is 0.853. The Morgan fingerprint density at radius 3 is 2.55 bits per heavy atom. The van der Waals surface area contributed by atoms with Gasteiger partial charge >= 0.3 is 5.97 Å². The predicted molar refractivity (Wildman–Crippen MR) is 75.4 cm³/mol. The first kappa shape index (κ1) is 13.6. The smallest absolute Gasteiger partial charge is 0.310 e. The average Bonchev–Trinajstić information content (AvgIpc) is 2.83. The fourth-order valence-corrected chi connectivity index (χ4v) is 3.80. The molecule has 1 aromatic carbocycles. The van der Waals surface area contributed by atoms with Gasteiger partial charge in [-0.3, -0.25) is 4.79 Å². The number of rotatable bonds is 3. The van der Waals surface area contributed by atoms with E-state index >= 15 is 0 Å². The molecule has 5 atom stereocenters. The Labute approximate surface area is 119 Å². The molecule has 5 unspecified atom stereocenters. The fourth-order valence-electron chi connectivity index (χ4n) is 3.80. The average molecular weight is 275 g/mol. The Bertz CT molecular complexity index is 476. The van der Waals surface area contributed by atoms with Gasteiger partial charge in [-0.15, -0.1) is 0 Å². The SMILES string of the molecule is COC(=O)C1C2CC(OC)C(CC1c1ccccc1)N2. The number of benzene rings is 1. The van der Waals surface area contributed by atoms with E-state index in [9.17, 15) is 4.79 Å². The summed E-state index contributed by atoms with van der Waals surface area (Å²) >= 11 is 0. The van der Waals surface area contributed by atoms with Crippen LogP contribution in [-0.4, -0.2) is 38.4 Å². The third-order valence-corrected chi connectivity index (χ3v) is 4.74. The number of hydrogen-bond acceptors (Lipinski definition) is 4. The molecule has 0 aliphatic carbocycles. The summed E-state index contributed by atoms with van der Waals surface area (Å²) in [4.78, 5) is 12.2. The molecular weight excluding hydrogens is 254 g/mol. The highest BCUT2D eigenvalue weighted by Gasteiger charge is 2.50. The highest BCUT2D eigenvalue weighted by molar-refractivity contribution is 5.75. The normalized spacial score (nSPS) is 35.8. The second-order valence-corrected chi connectivity index (χ2v) is 5.69. The number of methoxy groups -OCH3 is 2. The molecule has 2 aliphatic rings. The van der Waals surface area contributed by atoms with Gasteiger partial charge in [-0.05, 0) is 18.4 Å². The number of esters is 1. The highest BCUT2D eigenvalue weighted by atomic mass is 16.5. The molecule has 0 saturated carbocycles. The lowest BCUT2D eigenvalue weighted by Crippen LogP contribution is -2.49. The molecule has 0 aromatic heterocycles. The summed E-state index contributed by atoms with van der Waals surface area (Å²) < 4.78 is 10.6. The first-order valence-electron chi connectivity index (χ1n) is 7.16. The van der Waals surface area contributed by atoms with Gasteiger partial charge in [0.05, 0.1) is 19.1 Å². The molecule has 2 heterocycles. The van der Waals surface area contributed by atoms with Gasteiger partial charge in [-0.2, -0.15) is 0 Å². The second-order valence-electron chi connectivity index (χ2n) is 5.69. The van der Waals surface area contributed by atoms with E-state index in [-0.39, 0.29) is 30.0 Å². The van der Waals surface area contributed by atoms with Gasteiger partial charge in [0.2, 0.25) is 0 Å². The van der Waals surface area contributed by atoms with Crippen molar-refractivity contribution in [1.29, 1.82) is 0 Å². The second kappa shape index (κ2) is 5.54. The van der Waals surface area contributed by atoms with E-state index in [1.807, 2.05) is 18.2 Å². The Morgan fingerprint density at radius 2 is 1.90 bits per heavy atom. The van der Waals surface area contributed by atoms with Gasteiger partial charge in [-0.25, -0.2) is 0 Å². The zero-order valence-corrected chi connectivity index (χ0v) is 11.9. The first-order valence-corrected chi connectivity index (χ1v) is 7.16. The molecular formula is C16H21NO3. The lowest BCUT2D eigenvalue weighted by molar-refractivity contribution is -0.148. The van der Waals surface area contributed by atoms with Gasteiger partial charge in [0.1, 0.15) is 0 Å². The third-order valence-electron chi connectivity index (χ3n) is 4.74. The van der Waals surface area contributed by atoms with Crippen molar-refractivity contribution in [2.45, 2.75) is 36.9 Å². The number of carbonyl (C=O) groups is 1. The molecule has 1 N–H and O–H groups in total. The van der Waals surface area contributed by atoms with Crippen molar-refractivity contribution in [1.82, 2.24) is 5.32 Å². The lowest BCUT2D eigenvalue weighted by atomic mass is 9.77. The summed E-state index contributed by atoms with van der Waals surface area (Å²) in [5.74, 6) is -0.0367. The van der Waals surface area contributed by atoms with Gasteiger partial charge in [0.15, 0.2) is 0 Å².